The van der Waals surface area contributed by atoms with E-state index in [9.17, 15) is 0 Å². The summed E-state index contributed by atoms with van der Waals surface area (Å²) in [6.07, 6.45) is 1.01. The summed E-state index contributed by atoms with van der Waals surface area (Å²) in [6.45, 7) is 0. The Morgan fingerprint density at radius 2 is 1.21 bits per heavy atom. The summed E-state index contributed by atoms with van der Waals surface area (Å²) in [5.74, 6) is 0. The van der Waals surface area contributed by atoms with E-state index in [0.29, 0.717) is 0 Å². The number of hydrogen-bond donors (Lipinski definition) is 1. The fourth-order valence-electron chi connectivity index (χ4n) is 2.18. The Balaban J connectivity index is 0.000000902. The van der Waals surface area contributed by atoms with Gasteiger partial charge in [0.25, 0.3) is 0 Å². The Bertz CT molecular complexity index is 629. The Morgan fingerprint density at radius 3 is 1.95 bits per heavy atom. The predicted octanol–water partition coefficient (Wildman–Crippen LogP) is 5.23. The molecule has 0 fully saturated rings. The molecule has 0 saturated carbocycles. The third-order valence-electron chi connectivity index (χ3n) is 3.06. The van der Waals surface area contributed by atoms with Gasteiger partial charge in [-0.2, -0.15) is 0 Å². The van der Waals surface area contributed by atoms with Crippen molar-refractivity contribution >= 4 is 10.8 Å². The molecule has 0 bridgehead atoms. The van der Waals surface area contributed by atoms with Crippen molar-refractivity contribution in [2.24, 2.45) is 0 Å². The van der Waals surface area contributed by atoms with Gasteiger partial charge in [-0.25, -0.2) is 0 Å². The predicted molar refractivity (Wildman–Crippen MR) is 84.9 cm³/mol. The minimum absolute atomic E-state index is 0. The third kappa shape index (κ3) is 3.43. The highest BCUT2D eigenvalue weighted by atomic mass is 14.0. The number of fused-ring (bicyclic) bond motifs is 1. The molecule has 0 aliphatic carbocycles. The van der Waals surface area contributed by atoms with Crippen LogP contribution in [0, 0.1) is 0 Å². The highest BCUT2D eigenvalue weighted by Crippen LogP contribution is 2.17. The molecule has 3 aromatic rings. The van der Waals surface area contributed by atoms with Gasteiger partial charge in [-0.1, -0.05) is 80.2 Å². The lowest BCUT2D eigenvalue weighted by molar-refractivity contribution is 1.20. The molecular formula is C18H21N. The maximum absolute atomic E-state index is 2.28. The van der Waals surface area contributed by atoms with Gasteiger partial charge in [0.05, 0.1) is 0 Å². The third-order valence-corrected chi connectivity index (χ3v) is 3.06. The maximum atomic E-state index is 2.28. The summed E-state index contributed by atoms with van der Waals surface area (Å²) in [5, 5.41) is 2.63. The molecule has 19 heavy (non-hydrogen) atoms. The fraction of sp³-hybridized carbons (Fsp3) is 0.111. The van der Waals surface area contributed by atoms with Crippen molar-refractivity contribution in [3.05, 3.63) is 83.9 Å². The van der Waals surface area contributed by atoms with Gasteiger partial charge in [-0.3, -0.25) is 0 Å². The molecule has 98 valence electrons. The molecule has 0 unspecified atom stereocenters. The lowest BCUT2D eigenvalue weighted by atomic mass is 10.0. The van der Waals surface area contributed by atoms with Gasteiger partial charge in [-0.15, -0.1) is 0 Å². The van der Waals surface area contributed by atoms with Crippen molar-refractivity contribution in [3.63, 3.8) is 0 Å². The van der Waals surface area contributed by atoms with E-state index in [1.165, 1.54) is 21.9 Å². The lowest BCUT2D eigenvalue weighted by Crippen LogP contribution is -1.87. The molecule has 3 aromatic carbocycles. The second-order valence-electron chi connectivity index (χ2n) is 4.34. The summed E-state index contributed by atoms with van der Waals surface area (Å²) in [7, 11) is 0. The monoisotopic (exact) mass is 251 g/mol. The zero-order valence-electron chi connectivity index (χ0n) is 10.3. The van der Waals surface area contributed by atoms with E-state index in [2.05, 4.69) is 72.8 Å². The second-order valence-corrected chi connectivity index (χ2v) is 4.34. The van der Waals surface area contributed by atoms with Crippen molar-refractivity contribution in [1.29, 1.82) is 0 Å². The largest absolute Gasteiger partial charge is 0.344 e. The first-order valence-electron chi connectivity index (χ1n) is 5.93. The van der Waals surface area contributed by atoms with E-state index in [-0.39, 0.29) is 13.6 Å². The molecule has 0 heterocycles. The van der Waals surface area contributed by atoms with Crippen molar-refractivity contribution in [3.8, 4) is 0 Å². The molecule has 0 atom stereocenters. The molecule has 0 aliphatic rings. The molecule has 0 radical (unpaired) electrons. The van der Waals surface area contributed by atoms with Crippen molar-refractivity contribution < 1.29 is 0 Å². The van der Waals surface area contributed by atoms with Crippen molar-refractivity contribution in [2.75, 3.05) is 0 Å². The minimum Gasteiger partial charge on any atom is -0.344 e. The molecule has 3 N–H and O–H groups in total. The first kappa shape index (κ1) is 14.9. The van der Waals surface area contributed by atoms with Gasteiger partial charge < -0.3 is 6.15 Å². The van der Waals surface area contributed by atoms with Crippen LogP contribution in [0.15, 0.2) is 72.8 Å². The summed E-state index contributed by atoms with van der Waals surface area (Å²) in [6, 6.07) is 25.8. The van der Waals surface area contributed by atoms with Crippen LogP contribution >= 0.6 is 0 Å². The van der Waals surface area contributed by atoms with Crippen LogP contribution in [-0.4, -0.2) is 0 Å². The van der Waals surface area contributed by atoms with Crippen LogP contribution in [-0.2, 0) is 6.42 Å². The SMILES string of the molecule is C.N.c1ccc(Cc2ccc3ccccc3c2)cc1. The summed E-state index contributed by atoms with van der Waals surface area (Å²) in [5.41, 5.74) is 2.73. The maximum Gasteiger partial charge on any atom is -0.00256 e. The highest BCUT2D eigenvalue weighted by molar-refractivity contribution is 5.83. The molecule has 0 aromatic heterocycles. The van der Waals surface area contributed by atoms with Crippen LogP contribution in [0.5, 0.6) is 0 Å². The van der Waals surface area contributed by atoms with E-state index in [4.69, 9.17) is 0 Å². The summed E-state index contributed by atoms with van der Waals surface area (Å²) in [4.78, 5) is 0. The molecular weight excluding hydrogens is 230 g/mol. The highest BCUT2D eigenvalue weighted by Gasteiger charge is 1.97. The molecule has 0 spiro atoms. The number of rotatable bonds is 2. The van der Waals surface area contributed by atoms with Crippen LogP contribution < -0.4 is 6.15 Å². The van der Waals surface area contributed by atoms with Crippen LogP contribution in [0.3, 0.4) is 0 Å². The molecule has 3 rings (SSSR count). The van der Waals surface area contributed by atoms with Gasteiger partial charge in [0.2, 0.25) is 0 Å². The summed E-state index contributed by atoms with van der Waals surface area (Å²) < 4.78 is 0. The normalized spacial score (nSPS) is 9.47. The van der Waals surface area contributed by atoms with Crippen LogP contribution in [0.4, 0.5) is 0 Å². The quantitative estimate of drug-likeness (QED) is 0.665. The van der Waals surface area contributed by atoms with Gasteiger partial charge >= 0.3 is 0 Å². The van der Waals surface area contributed by atoms with Gasteiger partial charge in [0.15, 0.2) is 0 Å². The molecule has 0 amide bonds. The first-order valence-corrected chi connectivity index (χ1v) is 5.93. The molecule has 0 saturated heterocycles. The van der Waals surface area contributed by atoms with Gasteiger partial charge in [-0.05, 0) is 28.3 Å². The Morgan fingerprint density at radius 1 is 0.579 bits per heavy atom. The zero-order valence-corrected chi connectivity index (χ0v) is 10.3. The van der Waals surface area contributed by atoms with Crippen molar-refractivity contribution in [2.45, 2.75) is 13.8 Å². The van der Waals surface area contributed by atoms with Crippen LogP contribution in [0.2, 0.25) is 0 Å². The smallest absolute Gasteiger partial charge is 0.00256 e. The molecule has 1 heteroatoms. The van der Waals surface area contributed by atoms with E-state index in [0.717, 1.165) is 6.42 Å². The first-order chi connectivity index (χ1) is 8.42. The van der Waals surface area contributed by atoms with Gasteiger partial charge in [0.1, 0.15) is 0 Å². The van der Waals surface area contributed by atoms with E-state index < -0.39 is 0 Å². The average molecular weight is 251 g/mol. The fourth-order valence-corrected chi connectivity index (χ4v) is 2.18. The Labute approximate surface area is 115 Å². The standard InChI is InChI=1S/C17H14.CH4.H3N/c1-2-6-14(7-3-1)12-15-10-11-16-8-4-5-9-17(16)13-15;;/h1-11,13H,12H2;1H4;1H3. The summed E-state index contributed by atoms with van der Waals surface area (Å²) >= 11 is 0. The van der Waals surface area contributed by atoms with Crippen LogP contribution in [0.1, 0.15) is 18.6 Å². The van der Waals surface area contributed by atoms with Gasteiger partial charge in [0, 0.05) is 0 Å². The van der Waals surface area contributed by atoms with E-state index in [1.807, 2.05) is 0 Å². The zero-order chi connectivity index (χ0) is 11.5. The van der Waals surface area contributed by atoms with Crippen molar-refractivity contribution in [1.82, 2.24) is 6.15 Å². The average Bonchev–Trinajstić information content (AvgIpc) is 2.40. The lowest BCUT2D eigenvalue weighted by Gasteiger charge is -2.04. The number of benzene rings is 3. The molecule has 0 aliphatic heterocycles. The van der Waals surface area contributed by atoms with E-state index >= 15 is 0 Å². The van der Waals surface area contributed by atoms with E-state index in [1.54, 1.807) is 0 Å². The Hall–Kier alpha value is -2.12. The molecule has 1 nitrogen and oxygen atoms in total. The second kappa shape index (κ2) is 6.72. The minimum atomic E-state index is 0. The topological polar surface area (TPSA) is 35.0 Å². The van der Waals surface area contributed by atoms with Crippen LogP contribution in [0.25, 0.3) is 10.8 Å². The Kier molecular flexibility index (Phi) is 5.28. The number of hydrogen-bond acceptors (Lipinski definition) is 1.